The Bertz CT molecular complexity index is 843. The van der Waals surface area contributed by atoms with Gasteiger partial charge in [-0.3, -0.25) is 4.57 Å². The lowest BCUT2D eigenvalue weighted by molar-refractivity contribution is 0.435. The Labute approximate surface area is 119 Å². The van der Waals surface area contributed by atoms with Gasteiger partial charge >= 0.3 is 5.69 Å². The van der Waals surface area contributed by atoms with Crippen LogP contribution in [0.1, 0.15) is 16.8 Å². The molecule has 0 saturated heterocycles. The average Bonchev–Trinajstić information content (AvgIpc) is 3.06. The Morgan fingerprint density at radius 2 is 1.90 bits per heavy atom. The molecule has 100 valence electrons. The molecule has 1 aliphatic rings. The van der Waals surface area contributed by atoms with Crippen LogP contribution in [0, 0.1) is 0 Å². The van der Waals surface area contributed by atoms with Crippen molar-refractivity contribution in [3.05, 3.63) is 69.1 Å². The summed E-state index contributed by atoms with van der Waals surface area (Å²) >= 11 is 1.44. The lowest BCUT2D eigenvalue weighted by atomic mass is 9.99. The zero-order chi connectivity index (χ0) is 13.7. The van der Waals surface area contributed by atoms with Gasteiger partial charge in [-0.15, -0.1) is 11.3 Å². The third kappa shape index (κ3) is 1.50. The first-order chi connectivity index (χ1) is 9.75. The van der Waals surface area contributed by atoms with E-state index in [0.717, 1.165) is 10.6 Å². The van der Waals surface area contributed by atoms with Gasteiger partial charge in [-0.2, -0.15) is 0 Å². The van der Waals surface area contributed by atoms with Crippen molar-refractivity contribution in [2.75, 3.05) is 0 Å². The molecule has 4 rings (SSSR count). The molecule has 0 bridgehead atoms. The van der Waals surface area contributed by atoms with E-state index in [2.05, 4.69) is 0 Å². The Balaban J connectivity index is 1.94. The number of aromatic nitrogens is 2. The van der Waals surface area contributed by atoms with Crippen LogP contribution in [0.5, 0.6) is 5.88 Å². The lowest BCUT2D eigenvalue weighted by Gasteiger charge is -2.17. The number of benzene rings is 1. The van der Waals surface area contributed by atoms with Gasteiger partial charge in [0.25, 0.3) is 0 Å². The molecule has 0 fully saturated rings. The van der Waals surface area contributed by atoms with E-state index in [1.807, 2.05) is 41.8 Å². The van der Waals surface area contributed by atoms with Crippen LogP contribution in [0.15, 0.2) is 46.6 Å². The van der Waals surface area contributed by atoms with Gasteiger partial charge in [0.05, 0.1) is 12.2 Å². The molecule has 0 aliphatic carbocycles. The molecule has 1 aromatic carbocycles. The summed E-state index contributed by atoms with van der Waals surface area (Å²) in [5, 5.41) is 13.0. The highest BCUT2D eigenvalue weighted by atomic mass is 32.1. The van der Waals surface area contributed by atoms with E-state index in [4.69, 9.17) is 0 Å². The average molecular weight is 284 g/mol. The zero-order valence-corrected chi connectivity index (χ0v) is 11.4. The van der Waals surface area contributed by atoms with Gasteiger partial charge in [0.2, 0.25) is 5.88 Å². The van der Waals surface area contributed by atoms with Crippen molar-refractivity contribution in [1.82, 2.24) is 9.13 Å². The van der Waals surface area contributed by atoms with Gasteiger partial charge in [0.1, 0.15) is 5.00 Å². The van der Waals surface area contributed by atoms with E-state index in [1.165, 1.54) is 21.5 Å². The fourth-order valence-corrected chi connectivity index (χ4v) is 3.47. The molecule has 1 N–H and O–H groups in total. The molecule has 0 spiro atoms. The van der Waals surface area contributed by atoms with Gasteiger partial charge in [0.15, 0.2) is 0 Å². The number of imidazole rings is 1. The largest absolute Gasteiger partial charge is 0.493 e. The van der Waals surface area contributed by atoms with Gasteiger partial charge < -0.3 is 5.11 Å². The number of nitrogens with zero attached hydrogens (tertiary/aromatic N) is 2. The molecule has 0 amide bonds. The standard InChI is InChI=1S/C15H12N2O2S/c18-14-12-8-10-4-1-2-5-11(10)9-16(12)15(19)17(14)13-6-3-7-20-13/h1-7,18H,8-9H2. The van der Waals surface area contributed by atoms with E-state index in [1.54, 1.807) is 4.57 Å². The Morgan fingerprint density at radius 3 is 2.65 bits per heavy atom. The minimum atomic E-state index is -0.172. The normalized spacial score (nSPS) is 13.0. The maximum absolute atomic E-state index is 12.5. The second-order valence-corrected chi connectivity index (χ2v) is 5.80. The zero-order valence-electron chi connectivity index (χ0n) is 10.6. The lowest BCUT2D eigenvalue weighted by Crippen LogP contribution is -2.26. The quantitative estimate of drug-likeness (QED) is 0.583. The van der Waals surface area contributed by atoms with Crippen molar-refractivity contribution >= 4 is 11.3 Å². The molecule has 3 heterocycles. The van der Waals surface area contributed by atoms with Gasteiger partial charge in [0, 0.05) is 6.42 Å². The summed E-state index contributed by atoms with van der Waals surface area (Å²) in [6.07, 6.45) is 0.593. The van der Waals surface area contributed by atoms with E-state index in [0.29, 0.717) is 18.7 Å². The summed E-state index contributed by atoms with van der Waals surface area (Å²) in [6.45, 7) is 0.524. The fraction of sp³-hybridized carbons (Fsp3) is 0.133. The summed E-state index contributed by atoms with van der Waals surface area (Å²) < 4.78 is 3.06. The maximum atomic E-state index is 12.5. The van der Waals surface area contributed by atoms with Crippen LogP contribution in [0.2, 0.25) is 0 Å². The van der Waals surface area contributed by atoms with Crippen molar-refractivity contribution in [3.8, 4) is 10.9 Å². The topological polar surface area (TPSA) is 47.2 Å². The summed E-state index contributed by atoms with van der Waals surface area (Å²) in [4.78, 5) is 12.5. The number of aromatic hydroxyl groups is 1. The Morgan fingerprint density at radius 1 is 1.10 bits per heavy atom. The first-order valence-electron chi connectivity index (χ1n) is 6.40. The summed E-state index contributed by atoms with van der Waals surface area (Å²) in [7, 11) is 0. The summed E-state index contributed by atoms with van der Waals surface area (Å²) in [6, 6.07) is 11.8. The SMILES string of the molecule is O=c1n2c(c(O)n1-c1cccs1)Cc1ccccc1C2. The second-order valence-electron chi connectivity index (χ2n) is 4.87. The van der Waals surface area contributed by atoms with E-state index < -0.39 is 0 Å². The number of hydrogen-bond acceptors (Lipinski definition) is 3. The molecule has 3 aromatic rings. The summed E-state index contributed by atoms with van der Waals surface area (Å²) in [5.74, 6) is 0.0620. The van der Waals surface area contributed by atoms with E-state index in [9.17, 15) is 9.90 Å². The van der Waals surface area contributed by atoms with E-state index >= 15 is 0 Å². The smallest absolute Gasteiger partial charge is 0.336 e. The highest BCUT2D eigenvalue weighted by molar-refractivity contribution is 7.12. The molecule has 5 heteroatoms. The van der Waals surface area contributed by atoms with Crippen LogP contribution in [0.25, 0.3) is 5.00 Å². The van der Waals surface area contributed by atoms with Crippen LogP contribution in [-0.4, -0.2) is 14.2 Å². The van der Waals surface area contributed by atoms with Gasteiger partial charge in [-0.25, -0.2) is 9.36 Å². The molecular weight excluding hydrogens is 272 g/mol. The predicted octanol–water partition coefficient (Wildman–Crippen LogP) is 2.36. The van der Waals surface area contributed by atoms with Crippen molar-refractivity contribution in [2.24, 2.45) is 0 Å². The monoisotopic (exact) mass is 284 g/mol. The van der Waals surface area contributed by atoms with Crippen molar-refractivity contribution < 1.29 is 5.11 Å². The molecule has 0 radical (unpaired) electrons. The van der Waals surface area contributed by atoms with Crippen molar-refractivity contribution in [1.29, 1.82) is 0 Å². The number of thiophene rings is 1. The van der Waals surface area contributed by atoms with Crippen molar-refractivity contribution in [2.45, 2.75) is 13.0 Å². The molecule has 1 aliphatic heterocycles. The van der Waals surface area contributed by atoms with Crippen LogP contribution in [0.3, 0.4) is 0 Å². The first-order valence-corrected chi connectivity index (χ1v) is 7.27. The minimum Gasteiger partial charge on any atom is -0.493 e. The molecule has 2 aromatic heterocycles. The first kappa shape index (κ1) is 11.5. The minimum absolute atomic E-state index is 0.0620. The van der Waals surface area contributed by atoms with Crippen LogP contribution < -0.4 is 5.69 Å². The van der Waals surface area contributed by atoms with Crippen LogP contribution >= 0.6 is 11.3 Å². The fourth-order valence-electron chi connectivity index (χ4n) is 2.74. The molecule has 0 atom stereocenters. The van der Waals surface area contributed by atoms with Crippen LogP contribution in [-0.2, 0) is 13.0 Å². The summed E-state index contributed by atoms with van der Waals surface area (Å²) in [5.41, 5.74) is 2.84. The number of fused-ring (bicyclic) bond motifs is 2. The van der Waals surface area contributed by atoms with E-state index in [-0.39, 0.29) is 11.6 Å². The Kier molecular flexibility index (Phi) is 2.37. The molecule has 0 saturated carbocycles. The van der Waals surface area contributed by atoms with Gasteiger partial charge in [-0.1, -0.05) is 24.3 Å². The molecule has 0 unspecified atom stereocenters. The molecular formula is C15H12N2O2S. The molecule has 4 nitrogen and oxygen atoms in total. The van der Waals surface area contributed by atoms with Gasteiger partial charge in [-0.05, 0) is 28.6 Å². The third-order valence-corrected chi connectivity index (χ3v) is 4.60. The second kappa shape index (κ2) is 4.11. The molecule has 20 heavy (non-hydrogen) atoms. The number of rotatable bonds is 1. The highest BCUT2D eigenvalue weighted by Gasteiger charge is 2.25. The maximum Gasteiger partial charge on any atom is 0.336 e. The number of hydrogen-bond donors (Lipinski definition) is 1. The van der Waals surface area contributed by atoms with Crippen molar-refractivity contribution in [3.63, 3.8) is 0 Å². The third-order valence-electron chi connectivity index (χ3n) is 3.75. The highest BCUT2D eigenvalue weighted by Crippen LogP contribution is 2.29. The Hall–Kier alpha value is -2.27. The van der Waals surface area contributed by atoms with Crippen LogP contribution in [0.4, 0.5) is 0 Å². The predicted molar refractivity (Wildman–Crippen MR) is 77.9 cm³/mol.